The molecular weight excluding hydrogens is 241 g/mol. The van der Waals surface area contributed by atoms with Crippen LogP contribution < -0.4 is 4.90 Å². The first kappa shape index (κ1) is 12.7. The maximum absolute atomic E-state index is 13.2. The maximum Gasteiger partial charge on any atom is 0.123 e. The molecule has 0 heterocycles. The molecule has 0 unspecified atom stereocenters. The van der Waals surface area contributed by atoms with Crippen LogP contribution in [0.15, 0.2) is 18.2 Å². The average Bonchev–Trinajstić information content (AvgIpc) is 3.15. The van der Waals surface area contributed by atoms with Gasteiger partial charge in [-0.25, -0.2) is 4.39 Å². The van der Waals surface area contributed by atoms with Crippen LogP contribution in [-0.4, -0.2) is 26.3 Å². The highest BCUT2D eigenvalue weighted by Crippen LogP contribution is 2.34. The third-order valence-electron chi connectivity index (χ3n) is 3.02. The van der Waals surface area contributed by atoms with E-state index in [1.165, 1.54) is 25.0 Å². The summed E-state index contributed by atoms with van der Waals surface area (Å²) in [5.41, 5.74) is 1.90. The Bertz CT molecular complexity index is 382. The van der Waals surface area contributed by atoms with Gasteiger partial charge in [0.1, 0.15) is 5.82 Å². The molecule has 2 rings (SSSR count). The second-order valence-electron chi connectivity index (χ2n) is 4.32. The second-order valence-corrected chi connectivity index (χ2v) is 4.59. The van der Waals surface area contributed by atoms with Crippen LogP contribution in [0.1, 0.15) is 18.4 Å². The number of halogens is 2. The van der Waals surface area contributed by atoms with Gasteiger partial charge in [0.15, 0.2) is 0 Å². The van der Waals surface area contributed by atoms with Crippen molar-refractivity contribution >= 4 is 17.3 Å². The summed E-state index contributed by atoms with van der Waals surface area (Å²) >= 11 is 5.88. The van der Waals surface area contributed by atoms with Crippen molar-refractivity contribution in [2.45, 2.75) is 24.8 Å². The Labute approximate surface area is 106 Å². The lowest BCUT2D eigenvalue weighted by atomic mass is 10.1. The van der Waals surface area contributed by atoms with E-state index >= 15 is 0 Å². The molecule has 0 amide bonds. The number of hydrogen-bond acceptors (Lipinski definition) is 2. The summed E-state index contributed by atoms with van der Waals surface area (Å²) in [6.45, 7) is 1.51. The number of methoxy groups -OCH3 is 1. The van der Waals surface area contributed by atoms with Gasteiger partial charge >= 0.3 is 0 Å². The Balaban J connectivity index is 2.21. The first-order chi connectivity index (χ1) is 8.26. The number of hydrogen-bond donors (Lipinski definition) is 0. The average molecular weight is 258 g/mol. The Morgan fingerprint density at radius 3 is 2.82 bits per heavy atom. The fourth-order valence-electron chi connectivity index (χ4n) is 2.02. The Kier molecular flexibility index (Phi) is 4.24. The standard InChI is InChI=1S/C13H17ClFNO/c1-17-7-6-16(12-3-4-12)13-5-2-11(15)8-10(13)9-14/h2,5,8,12H,3-4,6-7,9H2,1H3. The van der Waals surface area contributed by atoms with E-state index in [-0.39, 0.29) is 5.82 Å². The SMILES string of the molecule is COCCN(c1ccc(F)cc1CCl)C1CC1. The predicted molar refractivity (Wildman–Crippen MR) is 68.2 cm³/mol. The molecule has 4 heteroatoms. The summed E-state index contributed by atoms with van der Waals surface area (Å²) in [6.07, 6.45) is 2.39. The normalized spacial score (nSPS) is 15.0. The van der Waals surface area contributed by atoms with Crippen molar-refractivity contribution < 1.29 is 9.13 Å². The monoisotopic (exact) mass is 257 g/mol. The quantitative estimate of drug-likeness (QED) is 0.726. The lowest BCUT2D eigenvalue weighted by Crippen LogP contribution is -2.30. The molecule has 94 valence electrons. The summed E-state index contributed by atoms with van der Waals surface area (Å²) in [6, 6.07) is 5.40. The minimum Gasteiger partial charge on any atom is -0.383 e. The lowest BCUT2D eigenvalue weighted by molar-refractivity contribution is 0.205. The molecule has 0 bridgehead atoms. The Hall–Kier alpha value is -0.800. The summed E-state index contributed by atoms with van der Waals surface area (Å²) in [4.78, 5) is 2.28. The van der Waals surface area contributed by atoms with E-state index in [0.29, 0.717) is 18.5 Å². The minimum atomic E-state index is -0.230. The minimum absolute atomic E-state index is 0.230. The van der Waals surface area contributed by atoms with Crippen LogP contribution in [0.5, 0.6) is 0 Å². The number of nitrogens with zero attached hydrogens (tertiary/aromatic N) is 1. The number of anilines is 1. The van der Waals surface area contributed by atoms with Crippen LogP contribution in [-0.2, 0) is 10.6 Å². The maximum atomic E-state index is 13.2. The molecule has 0 radical (unpaired) electrons. The van der Waals surface area contributed by atoms with Crippen LogP contribution >= 0.6 is 11.6 Å². The zero-order valence-corrected chi connectivity index (χ0v) is 10.7. The topological polar surface area (TPSA) is 12.5 Å². The fourth-order valence-corrected chi connectivity index (χ4v) is 2.23. The van der Waals surface area contributed by atoms with Crippen LogP contribution in [0.3, 0.4) is 0 Å². The summed E-state index contributed by atoms with van der Waals surface area (Å²) in [7, 11) is 1.69. The largest absolute Gasteiger partial charge is 0.383 e. The number of rotatable bonds is 6. The first-order valence-corrected chi connectivity index (χ1v) is 6.39. The molecule has 0 spiro atoms. The van der Waals surface area contributed by atoms with Gasteiger partial charge in [0.25, 0.3) is 0 Å². The highest BCUT2D eigenvalue weighted by Gasteiger charge is 2.30. The van der Waals surface area contributed by atoms with Gasteiger partial charge in [0.2, 0.25) is 0 Å². The molecule has 17 heavy (non-hydrogen) atoms. The van der Waals surface area contributed by atoms with E-state index in [9.17, 15) is 4.39 Å². The molecule has 2 nitrogen and oxygen atoms in total. The molecule has 1 saturated carbocycles. The third-order valence-corrected chi connectivity index (χ3v) is 3.31. The van der Waals surface area contributed by atoms with Crippen molar-refractivity contribution in [1.82, 2.24) is 0 Å². The molecule has 0 saturated heterocycles. The van der Waals surface area contributed by atoms with Crippen molar-refractivity contribution in [3.8, 4) is 0 Å². The van der Waals surface area contributed by atoms with Gasteiger partial charge in [-0.1, -0.05) is 0 Å². The Morgan fingerprint density at radius 1 is 1.47 bits per heavy atom. The third kappa shape index (κ3) is 3.11. The van der Waals surface area contributed by atoms with Crippen molar-refractivity contribution in [3.63, 3.8) is 0 Å². The van der Waals surface area contributed by atoms with Crippen LogP contribution in [0, 0.1) is 5.82 Å². The van der Waals surface area contributed by atoms with Gasteiger partial charge in [0.05, 0.1) is 6.61 Å². The zero-order chi connectivity index (χ0) is 12.3. The molecule has 1 fully saturated rings. The molecule has 0 atom stereocenters. The summed E-state index contributed by atoms with van der Waals surface area (Å²) < 4.78 is 18.3. The van der Waals surface area contributed by atoms with Gasteiger partial charge in [-0.15, -0.1) is 11.6 Å². The van der Waals surface area contributed by atoms with Gasteiger partial charge < -0.3 is 9.64 Å². The van der Waals surface area contributed by atoms with E-state index in [2.05, 4.69) is 4.90 Å². The van der Waals surface area contributed by atoms with E-state index < -0.39 is 0 Å². The molecule has 0 aromatic heterocycles. The highest BCUT2D eigenvalue weighted by atomic mass is 35.5. The lowest BCUT2D eigenvalue weighted by Gasteiger charge is -2.26. The molecule has 1 aliphatic rings. The molecule has 1 aromatic carbocycles. The van der Waals surface area contributed by atoms with Gasteiger partial charge in [-0.05, 0) is 36.6 Å². The van der Waals surface area contributed by atoms with Crippen molar-refractivity contribution in [2.75, 3.05) is 25.2 Å². The van der Waals surface area contributed by atoms with Gasteiger partial charge in [0, 0.05) is 31.3 Å². The van der Waals surface area contributed by atoms with Crippen LogP contribution in [0.4, 0.5) is 10.1 Å². The molecule has 1 aromatic rings. The van der Waals surface area contributed by atoms with Crippen LogP contribution in [0.2, 0.25) is 0 Å². The molecule has 0 aliphatic heterocycles. The zero-order valence-electron chi connectivity index (χ0n) is 9.96. The summed E-state index contributed by atoms with van der Waals surface area (Å²) in [5.74, 6) is 0.107. The smallest absolute Gasteiger partial charge is 0.123 e. The molecule has 1 aliphatic carbocycles. The Morgan fingerprint density at radius 2 is 2.24 bits per heavy atom. The van der Waals surface area contributed by atoms with E-state index in [0.717, 1.165) is 17.8 Å². The predicted octanol–water partition coefficient (Wildman–Crippen LogP) is 3.18. The van der Waals surface area contributed by atoms with E-state index in [1.807, 2.05) is 6.07 Å². The van der Waals surface area contributed by atoms with Crippen molar-refractivity contribution in [2.24, 2.45) is 0 Å². The number of alkyl halides is 1. The van der Waals surface area contributed by atoms with E-state index in [4.69, 9.17) is 16.3 Å². The fraction of sp³-hybridized carbons (Fsp3) is 0.538. The highest BCUT2D eigenvalue weighted by molar-refractivity contribution is 6.17. The van der Waals surface area contributed by atoms with Crippen molar-refractivity contribution in [1.29, 1.82) is 0 Å². The van der Waals surface area contributed by atoms with Crippen LogP contribution in [0.25, 0.3) is 0 Å². The molecule has 0 N–H and O–H groups in total. The molecular formula is C13H17ClFNO. The number of benzene rings is 1. The van der Waals surface area contributed by atoms with E-state index in [1.54, 1.807) is 7.11 Å². The van der Waals surface area contributed by atoms with Gasteiger partial charge in [-0.2, -0.15) is 0 Å². The first-order valence-electron chi connectivity index (χ1n) is 5.86. The van der Waals surface area contributed by atoms with Crippen molar-refractivity contribution in [3.05, 3.63) is 29.6 Å². The summed E-state index contributed by atoms with van der Waals surface area (Å²) in [5, 5.41) is 0. The number of ether oxygens (including phenoxy) is 1. The second kappa shape index (κ2) is 5.69. The van der Waals surface area contributed by atoms with Gasteiger partial charge in [-0.3, -0.25) is 0 Å².